The largest absolute Gasteiger partial charge is 0.460 e. The molecule has 0 spiro atoms. The Bertz CT molecular complexity index is 1190. The van der Waals surface area contributed by atoms with E-state index in [9.17, 15) is 9.59 Å². The standard InChI is InChI=1S/C21H18N4O4S/c1-2-28-21(27)20-24-18(29-25-20)12-22-17(26)11-19-23-15-9-8-14(10-16(15)30-19)13-6-4-3-5-7-13/h3-10H,2,11-12H2,1H3,(H,22,26). The normalized spacial score (nSPS) is 10.8. The van der Waals surface area contributed by atoms with Gasteiger partial charge in [-0.3, -0.25) is 4.79 Å². The molecule has 0 aliphatic rings. The predicted molar refractivity (Wildman–Crippen MR) is 111 cm³/mol. The molecule has 0 aliphatic heterocycles. The van der Waals surface area contributed by atoms with Crippen LogP contribution in [-0.2, 0) is 22.5 Å². The van der Waals surface area contributed by atoms with Crippen molar-refractivity contribution in [3.05, 3.63) is 65.3 Å². The summed E-state index contributed by atoms with van der Waals surface area (Å²) in [5, 5.41) is 6.94. The average Bonchev–Trinajstić information content (AvgIpc) is 3.39. The molecule has 0 fully saturated rings. The number of nitrogens with zero attached hydrogens (tertiary/aromatic N) is 3. The van der Waals surface area contributed by atoms with Gasteiger partial charge in [-0.25, -0.2) is 9.78 Å². The summed E-state index contributed by atoms with van der Waals surface area (Å²) >= 11 is 1.49. The van der Waals surface area contributed by atoms with Gasteiger partial charge in [-0.05, 0) is 35.3 Å². The highest BCUT2D eigenvalue weighted by Crippen LogP contribution is 2.28. The van der Waals surface area contributed by atoms with E-state index in [1.54, 1.807) is 6.92 Å². The zero-order valence-electron chi connectivity index (χ0n) is 16.1. The fourth-order valence-electron chi connectivity index (χ4n) is 2.84. The maximum absolute atomic E-state index is 12.3. The highest BCUT2D eigenvalue weighted by Gasteiger charge is 2.16. The third kappa shape index (κ3) is 4.52. The number of aromatic nitrogens is 3. The Labute approximate surface area is 175 Å². The molecule has 1 amide bonds. The van der Waals surface area contributed by atoms with Gasteiger partial charge in [-0.1, -0.05) is 36.4 Å². The van der Waals surface area contributed by atoms with E-state index in [1.165, 1.54) is 11.3 Å². The fraction of sp³-hybridized carbons (Fsp3) is 0.190. The molecule has 0 atom stereocenters. The zero-order chi connectivity index (χ0) is 20.9. The van der Waals surface area contributed by atoms with E-state index in [0.717, 1.165) is 21.3 Å². The van der Waals surface area contributed by atoms with E-state index in [0.29, 0.717) is 5.01 Å². The van der Waals surface area contributed by atoms with Gasteiger partial charge in [0.25, 0.3) is 5.82 Å². The number of nitrogens with one attached hydrogen (secondary N) is 1. The van der Waals surface area contributed by atoms with Crippen LogP contribution in [0.4, 0.5) is 0 Å². The molecule has 0 bridgehead atoms. The molecular weight excluding hydrogens is 404 g/mol. The first-order chi connectivity index (χ1) is 14.6. The summed E-state index contributed by atoms with van der Waals surface area (Å²) in [7, 11) is 0. The van der Waals surface area contributed by atoms with Crippen LogP contribution in [-0.4, -0.2) is 33.6 Å². The van der Waals surface area contributed by atoms with Crippen LogP contribution in [0.5, 0.6) is 0 Å². The maximum Gasteiger partial charge on any atom is 0.379 e. The van der Waals surface area contributed by atoms with Crippen molar-refractivity contribution < 1.29 is 18.8 Å². The summed E-state index contributed by atoms with van der Waals surface area (Å²) in [6, 6.07) is 16.2. The molecule has 0 aliphatic carbocycles. The Morgan fingerprint density at radius 2 is 1.93 bits per heavy atom. The topological polar surface area (TPSA) is 107 Å². The molecule has 30 heavy (non-hydrogen) atoms. The third-order valence-corrected chi connectivity index (χ3v) is 5.23. The number of amides is 1. The monoisotopic (exact) mass is 422 g/mol. The van der Waals surface area contributed by atoms with Gasteiger partial charge in [0.05, 0.1) is 29.8 Å². The van der Waals surface area contributed by atoms with Crippen LogP contribution in [0.2, 0.25) is 0 Å². The maximum atomic E-state index is 12.3. The van der Waals surface area contributed by atoms with Crippen molar-refractivity contribution >= 4 is 33.4 Å². The Kier molecular flexibility index (Phi) is 5.80. The third-order valence-electron chi connectivity index (χ3n) is 4.21. The van der Waals surface area contributed by atoms with Crippen molar-refractivity contribution in [1.82, 2.24) is 20.4 Å². The number of fused-ring (bicyclic) bond motifs is 1. The number of rotatable bonds is 7. The summed E-state index contributed by atoms with van der Waals surface area (Å²) < 4.78 is 10.8. The molecule has 2 aromatic carbocycles. The first-order valence-electron chi connectivity index (χ1n) is 9.33. The van der Waals surface area contributed by atoms with Crippen molar-refractivity contribution in [3.8, 4) is 11.1 Å². The lowest BCUT2D eigenvalue weighted by Crippen LogP contribution is -2.24. The van der Waals surface area contributed by atoms with Crippen molar-refractivity contribution in [2.45, 2.75) is 19.9 Å². The van der Waals surface area contributed by atoms with Crippen LogP contribution in [0.3, 0.4) is 0 Å². The van der Waals surface area contributed by atoms with Crippen molar-refractivity contribution in [2.24, 2.45) is 0 Å². The number of carbonyl (C=O) groups is 2. The van der Waals surface area contributed by atoms with E-state index < -0.39 is 5.97 Å². The molecule has 2 aromatic heterocycles. The van der Waals surface area contributed by atoms with Crippen LogP contribution < -0.4 is 5.32 Å². The van der Waals surface area contributed by atoms with Crippen molar-refractivity contribution in [3.63, 3.8) is 0 Å². The van der Waals surface area contributed by atoms with Gasteiger partial charge in [-0.15, -0.1) is 11.3 Å². The molecule has 0 saturated carbocycles. The minimum Gasteiger partial charge on any atom is -0.460 e. The van der Waals surface area contributed by atoms with Gasteiger partial charge in [0.15, 0.2) is 0 Å². The Morgan fingerprint density at radius 3 is 2.73 bits per heavy atom. The van der Waals surface area contributed by atoms with Gasteiger partial charge in [0.1, 0.15) is 5.01 Å². The summed E-state index contributed by atoms with van der Waals surface area (Å²) in [6.07, 6.45) is 0.138. The number of carbonyl (C=O) groups excluding carboxylic acids is 2. The molecule has 0 saturated heterocycles. The minimum absolute atomic E-state index is 0.0221. The van der Waals surface area contributed by atoms with E-state index >= 15 is 0 Å². The zero-order valence-corrected chi connectivity index (χ0v) is 16.9. The Morgan fingerprint density at radius 1 is 1.10 bits per heavy atom. The van der Waals surface area contributed by atoms with Gasteiger partial charge in [0.2, 0.25) is 11.8 Å². The second kappa shape index (κ2) is 8.83. The molecule has 0 radical (unpaired) electrons. The number of ether oxygens (including phenoxy) is 1. The van der Waals surface area contributed by atoms with Crippen LogP contribution in [0.1, 0.15) is 28.4 Å². The van der Waals surface area contributed by atoms with E-state index in [-0.39, 0.29) is 37.2 Å². The number of thiazole rings is 1. The summed E-state index contributed by atoms with van der Waals surface area (Å²) in [6.45, 7) is 1.92. The van der Waals surface area contributed by atoms with E-state index in [2.05, 4.69) is 38.6 Å². The average molecular weight is 422 g/mol. The predicted octanol–water partition coefficient (Wildman–Crippen LogP) is 3.38. The lowest BCUT2D eigenvalue weighted by Gasteiger charge is -2.00. The molecule has 9 heteroatoms. The fourth-order valence-corrected chi connectivity index (χ4v) is 3.84. The molecule has 152 valence electrons. The lowest BCUT2D eigenvalue weighted by atomic mass is 10.1. The second-order valence-corrected chi connectivity index (χ2v) is 7.46. The first-order valence-corrected chi connectivity index (χ1v) is 10.2. The molecule has 4 aromatic rings. The number of hydrogen-bond donors (Lipinski definition) is 1. The number of benzene rings is 2. The quantitative estimate of drug-likeness (QED) is 0.455. The van der Waals surface area contributed by atoms with Crippen LogP contribution in [0.25, 0.3) is 21.3 Å². The van der Waals surface area contributed by atoms with Crippen molar-refractivity contribution in [2.75, 3.05) is 6.61 Å². The summed E-state index contributed by atoms with van der Waals surface area (Å²) in [5.74, 6) is -0.930. The van der Waals surface area contributed by atoms with Gasteiger partial charge < -0.3 is 14.6 Å². The number of hydrogen-bond acceptors (Lipinski definition) is 8. The van der Waals surface area contributed by atoms with E-state index in [4.69, 9.17) is 9.26 Å². The van der Waals surface area contributed by atoms with Gasteiger partial charge in [0, 0.05) is 0 Å². The smallest absolute Gasteiger partial charge is 0.379 e. The minimum atomic E-state index is -0.664. The lowest BCUT2D eigenvalue weighted by molar-refractivity contribution is -0.120. The van der Waals surface area contributed by atoms with Gasteiger partial charge >= 0.3 is 5.97 Å². The SMILES string of the molecule is CCOC(=O)c1noc(CNC(=O)Cc2nc3ccc(-c4ccccc4)cc3s2)n1. The van der Waals surface area contributed by atoms with Crippen LogP contribution >= 0.6 is 11.3 Å². The second-order valence-electron chi connectivity index (χ2n) is 6.34. The first kappa shape index (κ1) is 19.7. The highest BCUT2D eigenvalue weighted by atomic mass is 32.1. The van der Waals surface area contributed by atoms with Crippen molar-refractivity contribution in [1.29, 1.82) is 0 Å². The van der Waals surface area contributed by atoms with E-state index in [1.807, 2.05) is 30.3 Å². The van der Waals surface area contributed by atoms with Gasteiger partial charge in [-0.2, -0.15) is 4.98 Å². The van der Waals surface area contributed by atoms with Crippen LogP contribution in [0, 0.1) is 0 Å². The molecule has 4 rings (SSSR count). The molecule has 8 nitrogen and oxygen atoms in total. The Hall–Kier alpha value is -3.59. The molecule has 1 N–H and O–H groups in total. The number of esters is 1. The molecule has 2 heterocycles. The Balaban J connectivity index is 1.38. The molecule has 0 unspecified atom stereocenters. The summed E-state index contributed by atoms with van der Waals surface area (Å²) in [4.78, 5) is 32.2. The summed E-state index contributed by atoms with van der Waals surface area (Å²) in [5.41, 5.74) is 3.10. The molecular formula is C21H18N4O4S. The van der Waals surface area contributed by atoms with Crippen LogP contribution in [0.15, 0.2) is 53.1 Å². The highest BCUT2D eigenvalue weighted by molar-refractivity contribution is 7.18.